The average molecular weight is 411 g/mol. The van der Waals surface area contributed by atoms with Crippen LogP contribution in [0.4, 0.5) is 11.4 Å². The molecular weight excluding hydrogens is 380 g/mol. The molecule has 0 aliphatic carbocycles. The van der Waals surface area contributed by atoms with E-state index in [9.17, 15) is 4.79 Å². The molecule has 1 saturated heterocycles. The van der Waals surface area contributed by atoms with E-state index >= 15 is 0 Å². The maximum atomic E-state index is 12.5. The van der Waals surface area contributed by atoms with Crippen LogP contribution in [0.5, 0.6) is 0 Å². The first-order valence-corrected chi connectivity index (χ1v) is 10.6. The van der Waals surface area contributed by atoms with E-state index in [0.29, 0.717) is 6.54 Å². The Hall–Kier alpha value is -2.44. The Kier molecular flexibility index (Phi) is 7.23. The highest BCUT2D eigenvalue weighted by Gasteiger charge is 2.21. The van der Waals surface area contributed by atoms with E-state index in [1.807, 2.05) is 24.3 Å². The predicted molar refractivity (Wildman–Crippen MR) is 125 cm³/mol. The fourth-order valence-electron chi connectivity index (χ4n) is 3.53. The third-order valence-electron chi connectivity index (χ3n) is 5.55. The Morgan fingerprint density at radius 3 is 2.38 bits per heavy atom. The van der Waals surface area contributed by atoms with Crippen LogP contribution in [0.3, 0.4) is 0 Å². The first kappa shape index (κ1) is 21.3. The number of nitrogens with zero attached hydrogens (tertiary/aromatic N) is 2. The molecule has 154 valence electrons. The number of para-hydroxylation sites is 1. The highest BCUT2D eigenvalue weighted by molar-refractivity contribution is 7.80. The van der Waals surface area contributed by atoms with Gasteiger partial charge >= 0.3 is 0 Å². The van der Waals surface area contributed by atoms with Crippen LogP contribution in [0.25, 0.3) is 0 Å². The van der Waals surface area contributed by atoms with Crippen molar-refractivity contribution in [3.63, 3.8) is 0 Å². The lowest BCUT2D eigenvalue weighted by molar-refractivity contribution is -0.117. The summed E-state index contributed by atoms with van der Waals surface area (Å²) in [6.45, 7) is 9.97. The number of benzene rings is 2. The molecule has 0 saturated carbocycles. The van der Waals surface area contributed by atoms with Gasteiger partial charge in [-0.3, -0.25) is 9.69 Å². The molecule has 6 heteroatoms. The molecule has 1 aliphatic rings. The van der Waals surface area contributed by atoms with Crippen molar-refractivity contribution in [3.05, 3.63) is 59.2 Å². The van der Waals surface area contributed by atoms with E-state index in [1.54, 1.807) is 0 Å². The van der Waals surface area contributed by atoms with Crippen molar-refractivity contribution in [2.24, 2.45) is 0 Å². The smallest absolute Gasteiger partial charge is 0.238 e. The van der Waals surface area contributed by atoms with E-state index in [2.05, 4.69) is 59.4 Å². The van der Waals surface area contributed by atoms with Gasteiger partial charge in [-0.2, -0.15) is 0 Å². The van der Waals surface area contributed by atoms with E-state index in [4.69, 9.17) is 12.2 Å². The van der Waals surface area contributed by atoms with Crippen LogP contribution in [0.2, 0.25) is 0 Å². The summed E-state index contributed by atoms with van der Waals surface area (Å²) in [4.78, 5) is 16.8. The lowest BCUT2D eigenvalue weighted by atomic mass is 10.1. The van der Waals surface area contributed by atoms with Crippen molar-refractivity contribution in [2.45, 2.75) is 27.2 Å². The highest BCUT2D eigenvalue weighted by atomic mass is 32.1. The predicted octanol–water partition coefficient (Wildman–Crippen LogP) is 3.82. The molecule has 0 unspecified atom stereocenters. The van der Waals surface area contributed by atoms with E-state index in [-0.39, 0.29) is 5.91 Å². The first-order valence-electron chi connectivity index (χ1n) is 10.2. The second-order valence-corrected chi connectivity index (χ2v) is 7.89. The van der Waals surface area contributed by atoms with Crippen LogP contribution in [0, 0.1) is 13.8 Å². The number of hydrogen-bond donors (Lipinski definition) is 2. The topological polar surface area (TPSA) is 47.6 Å². The maximum absolute atomic E-state index is 12.5. The Balaban J connectivity index is 1.48. The van der Waals surface area contributed by atoms with Gasteiger partial charge in [0.2, 0.25) is 5.91 Å². The number of aryl methyl sites for hydroxylation is 2. The van der Waals surface area contributed by atoms with Gasteiger partial charge in [0.25, 0.3) is 0 Å². The molecule has 2 aromatic carbocycles. The van der Waals surface area contributed by atoms with Gasteiger partial charge in [-0.1, -0.05) is 37.3 Å². The van der Waals surface area contributed by atoms with Crippen LogP contribution >= 0.6 is 12.2 Å². The summed E-state index contributed by atoms with van der Waals surface area (Å²) in [5.74, 6) is 0.0374. The van der Waals surface area contributed by atoms with E-state index < -0.39 is 0 Å². The van der Waals surface area contributed by atoms with Gasteiger partial charge < -0.3 is 15.5 Å². The lowest BCUT2D eigenvalue weighted by Crippen LogP contribution is -2.51. The number of piperazine rings is 1. The summed E-state index contributed by atoms with van der Waals surface area (Å²) in [6, 6.07) is 14.2. The van der Waals surface area contributed by atoms with Crippen molar-refractivity contribution in [1.29, 1.82) is 0 Å². The van der Waals surface area contributed by atoms with Gasteiger partial charge in [0.05, 0.1) is 6.54 Å². The number of rotatable bonds is 5. The van der Waals surface area contributed by atoms with E-state index in [1.165, 1.54) is 11.1 Å². The second-order valence-electron chi connectivity index (χ2n) is 7.50. The van der Waals surface area contributed by atoms with Crippen LogP contribution in [0.15, 0.2) is 42.5 Å². The normalized spacial score (nSPS) is 14.5. The fourth-order valence-corrected chi connectivity index (χ4v) is 3.83. The standard InChI is InChI=1S/C23H30N4OS/c1-4-19-9-5-6-10-21(19)24-22(28)16-26-12-14-27(15-13-26)23(29)25-20-11-7-8-17(2)18(20)3/h5-11H,4,12-16H2,1-3H3,(H,24,28)(H,25,29). The largest absolute Gasteiger partial charge is 0.346 e. The Morgan fingerprint density at radius 2 is 1.66 bits per heavy atom. The van der Waals surface area contributed by atoms with Crippen molar-refractivity contribution >= 4 is 34.6 Å². The van der Waals surface area contributed by atoms with Crippen LogP contribution in [0.1, 0.15) is 23.6 Å². The van der Waals surface area contributed by atoms with Crippen molar-refractivity contribution in [1.82, 2.24) is 9.80 Å². The van der Waals surface area contributed by atoms with Crippen LogP contribution < -0.4 is 10.6 Å². The number of carbonyl (C=O) groups excluding carboxylic acids is 1. The molecule has 2 N–H and O–H groups in total. The van der Waals surface area contributed by atoms with Gasteiger partial charge in [0.1, 0.15) is 0 Å². The average Bonchev–Trinajstić information content (AvgIpc) is 2.72. The third kappa shape index (κ3) is 5.55. The Labute approximate surface area is 179 Å². The zero-order chi connectivity index (χ0) is 20.8. The Morgan fingerprint density at radius 1 is 0.966 bits per heavy atom. The molecule has 0 aromatic heterocycles. The quantitative estimate of drug-likeness (QED) is 0.734. The first-order chi connectivity index (χ1) is 14.0. The number of thiocarbonyl (C=S) groups is 1. The number of nitrogens with one attached hydrogen (secondary N) is 2. The van der Waals surface area contributed by atoms with Gasteiger partial charge in [0, 0.05) is 37.6 Å². The molecule has 3 rings (SSSR count). The summed E-state index contributed by atoms with van der Waals surface area (Å²) in [5.41, 5.74) is 5.60. The molecule has 1 aliphatic heterocycles. The summed E-state index contributed by atoms with van der Waals surface area (Å²) in [7, 11) is 0. The lowest BCUT2D eigenvalue weighted by Gasteiger charge is -2.36. The van der Waals surface area contributed by atoms with Crippen molar-refractivity contribution in [2.75, 3.05) is 43.4 Å². The van der Waals surface area contributed by atoms with Gasteiger partial charge in [0.15, 0.2) is 5.11 Å². The van der Waals surface area contributed by atoms with Gasteiger partial charge in [-0.05, 0) is 61.3 Å². The molecule has 1 fully saturated rings. The van der Waals surface area contributed by atoms with Crippen molar-refractivity contribution < 1.29 is 4.79 Å². The zero-order valence-electron chi connectivity index (χ0n) is 17.5. The number of anilines is 2. The summed E-state index contributed by atoms with van der Waals surface area (Å²) < 4.78 is 0. The SMILES string of the molecule is CCc1ccccc1NC(=O)CN1CCN(C(=S)Nc2cccc(C)c2C)CC1. The monoisotopic (exact) mass is 410 g/mol. The number of hydrogen-bond acceptors (Lipinski definition) is 3. The molecule has 29 heavy (non-hydrogen) atoms. The number of amides is 1. The number of carbonyl (C=O) groups is 1. The molecule has 1 heterocycles. The molecule has 0 spiro atoms. The van der Waals surface area contributed by atoms with Crippen LogP contribution in [-0.2, 0) is 11.2 Å². The van der Waals surface area contributed by atoms with E-state index in [0.717, 1.165) is 54.7 Å². The summed E-state index contributed by atoms with van der Waals surface area (Å²) in [5, 5.41) is 7.19. The third-order valence-corrected chi connectivity index (χ3v) is 5.91. The zero-order valence-corrected chi connectivity index (χ0v) is 18.3. The minimum atomic E-state index is 0.0374. The van der Waals surface area contributed by atoms with Crippen LogP contribution in [-0.4, -0.2) is 53.5 Å². The molecule has 5 nitrogen and oxygen atoms in total. The molecule has 2 aromatic rings. The molecule has 0 bridgehead atoms. The van der Waals surface area contributed by atoms with Crippen molar-refractivity contribution in [3.8, 4) is 0 Å². The minimum Gasteiger partial charge on any atom is -0.346 e. The second kappa shape index (κ2) is 9.85. The summed E-state index contributed by atoms with van der Waals surface area (Å²) >= 11 is 5.62. The maximum Gasteiger partial charge on any atom is 0.238 e. The Bertz CT molecular complexity index is 875. The summed E-state index contributed by atoms with van der Waals surface area (Å²) in [6.07, 6.45) is 0.903. The highest BCUT2D eigenvalue weighted by Crippen LogP contribution is 2.19. The van der Waals surface area contributed by atoms with Gasteiger partial charge in [-0.25, -0.2) is 0 Å². The molecule has 0 radical (unpaired) electrons. The molecular formula is C23H30N4OS. The fraction of sp³-hybridized carbons (Fsp3) is 0.391. The minimum absolute atomic E-state index is 0.0374. The molecule has 1 amide bonds. The molecule has 0 atom stereocenters. The van der Waals surface area contributed by atoms with Gasteiger partial charge in [-0.15, -0.1) is 0 Å².